The highest BCUT2D eigenvalue weighted by Gasteiger charge is 2.55. The number of carbonyl (C=O) groups is 6. The molecule has 6 aromatic carbocycles. The number of anilines is 3. The largest absolute Gasteiger partial charge is 0.475 e. The lowest BCUT2D eigenvalue weighted by molar-refractivity contribution is -0.133. The first-order chi connectivity index (χ1) is 71.3. The minimum Gasteiger partial charge on any atom is -0.475 e. The Labute approximate surface area is 853 Å². The second kappa shape index (κ2) is 40.6. The highest BCUT2D eigenvalue weighted by Crippen LogP contribution is 2.48. The Morgan fingerprint density at radius 1 is 0.361 bits per heavy atom. The van der Waals surface area contributed by atoms with Crippen LogP contribution in [-0.2, 0) is 69.5 Å². The fraction of sp³-hybridized carbons (Fsp3) is 0.368. The van der Waals surface area contributed by atoms with Crippen molar-refractivity contribution in [3.05, 3.63) is 292 Å². The number of benzene rings is 6. The van der Waals surface area contributed by atoms with Crippen LogP contribution < -0.4 is 24.2 Å². The van der Waals surface area contributed by atoms with E-state index in [0.29, 0.717) is 158 Å². The minimum atomic E-state index is -0.487. The zero-order valence-corrected chi connectivity index (χ0v) is 84.0. The summed E-state index contributed by atoms with van der Waals surface area (Å²) in [6.45, 7) is 20.5. The van der Waals surface area contributed by atoms with Gasteiger partial charge in [0, 0.05) is 198 Å². The van der Waals surface area contributed by atoms with E-state index >= 15 is 0 Å². The zero-order valence-electron chi connectivity index (χ0n) is 84.0. The van der Waals surface area contributed by atoms with Crippen LogP contribution in [0.1, 0.15) is 152 Å². The summed E-state index contributed by atoms with van der Waals surface area (Å²) < 4.78 is 31.2. The number of amides is 6. The second-order valence-corrected chi connectivity index (χ2v) is 41.2. The van der Waals surface area contributed by atoms with Crippen molar-refractivity contribution in [1.29, 1.82) is 0 Å². The van der Waals surface area contributed by atoms with Gasteiger partial charge in [0.2, 0.25) is 47.2 Å². The molecule has 750 valence electrons. The van der Waals surface area contributed by atoms with Gasteiger partial charge in [0.25, 0.3) is 0 Å². The van der Waals surface area contributed by atoms with E-state index in [1.807, 2.05) is 145 Å². The van der Waals surface area contributed by atoms with Gasteiger partial charge in [0.15, 0.2) is 23.3 Å². The van der Waals surface area contributed by atoms with E-state index in [-0.39, 0.29) is 47.7 Å². The molecule has 12 aliphatic heterocycles. The molecular weight excluding hydrogens is 1850 g/mol. The summed E-state index contributed by atoms with van der Waals surface area (Å²) in [6, 6.07) is 52.7. The standard InChI is InChI=1S/2C39H42N8O3.C36H35FN8O2/c1-26(2)50-34-11-9-31(22-40-34)36-33-20-32(10-8-30(33)21-41-36)47-19-15-39(38(47)49)14-18-45(24-39)23-35(48)46-16-12-28(13-17-46)27-4-6-29(7-5-27)37-42-25-44(3)43-37;1-26(2)50-34-20-30(10-15-40-34)36-33-21-32(9-8-31(33)22-41-36)47-19-14-39(38(47)49)13-18-45(24-39)23-35(48)46-16-11-28(12-17-46)27-4-6-29(7-5-27)37-42-25-44(3)43-37;1-42-23-40-34(41-42)26-4-2-24(3-5-26)25-9-14-44(15-10-25)32(46)21-43-16-11-36(22-43)12-17-45(35(36)47)28-7-6-27-19-39-33(30(27)18-28)29-8-13-38-20-31(29)37/h4-12,20,22,25-26H,13-19,21,23-24H2,1-3H3;4-11,15,20-21,25-26H,12-14,16-19,22-24H2,1-3H3;2-9,13,18,20,23H,10-12,14-17,19,21-22H2,1H3/t2*39-;36-/m000/s1. The van der Waals surface area contributed by atoms with Gasteiger partial charge in [-0.1, -0.05) is 109 Å². The van der Waals surface area contributed by atoms with Crippen LogP contribution in [0.2, 0.25) is 0 Å². The van der Waals surface area contributed by atoms with E-state index < -0.39 is 22.1 Å². The normalized spacial score (nSPS) is 20.7. The lowest BCUT2D eigenvalue weighted by atomic mass is 9.85. The number of nitrogens with zero attached hydrogens (tertiary/aromatic N) is 24. The molecule has 0 aliphatic carbocycles. The van der Waals surface area contributed by atoms with Crippen molar-refractivity contribution in [3.63, 3.8) is 0 Å². The average Bonchev–Trinajstić information content (AvgIpc) is 1.60. The summed E-state index contributed by atoms with van der Waals surface area (Å²) in [5.41, 5.74) is 22.4. The van der Waals surface area contributed by atoms with Gasteiger partial charge >= 0.3 is 0 Å². The molecule has 0 N–H and O–H groups in total. The molecule has 24 rings (SSSR count). The number of fused-ring (bicyclic) bond motifs is 3. The van der Waals surface area contributed by atoms with Crippen LogP contribution in [0.15, 0.2) is 235 Å². The molecule has 18 heterocycles. The van der Waals surface area contributed by atoms with Crippen molar-refractivity contribution in [2.45, 2.75) is 117 Å². The predicted octanol–water partition coefficient (Wildman–Crippen LogP) is 13.6. The van der Waals surface area contributed by atoms with E-state index in [0.717, 1.165) is 184 Å². The monoisotopic (exact) mass is 1970 g/mol. The Bertz CT molecular complexity index is 7330. The molecular formula is C114H119FN24O8. The van der Waals surface area contributed by atoms with Crippen molar-refractivity contribution in [2.75, 3.05) is 133 Å². The van der Waals surface area contributed by atoms with E-state index in [1.54, 1.807) is 51.5 Å². The first-order valence-corrected chi connectivity index (χ1v) is 51.2. The second-order valence-electron chi connectivity index (χ2n) is 41.2. The number of hydrogen-bond acceptors (Lipinski definition) is 23. The molecule has 3 atom stereocenters. The van der Waals surface area contributed by atoms with Gasteiger partial charge in [-0.25, -0.2) is 29.3 Å². The number of aliphatic imine (C=N–C) groups is 3. The summed E-state index contributed by atoms with van der Waals surface area (Å²) in [5.74, 6) is 3.67. The third kappa shape index (κ3) is 19.9. The molecule has 0 radical (unpaired) electrons. The van der Waals surface area contributed by atoms with Crippen molar-refractivity contribution < 1.29 is 42.6 Å². The molecule has 6 amide bonds. The van der Waals surface area contributed by atoms with E-state index in [2.05, 4.69) is 174 Å². The molecule has 6 fully saturated rings. The van der Waals surface area contributed by atoms with E-state index in [1.165, 1.54) is 22.9 Å². The molecule has 6 saturated heterocycles. The lowest BCUT2D eigenvalue weighted by Crippen LogP contribution is -2.43. The summed E-state index contributed by atoms with van der Waals surface area (Å²) >= 11 is 0. The number of aryl methyl sites for hydroxylation is 3. The number of rotatable bonds is 22. The Morgan fingerprint density at radius 3 is 1.07 bits per heavy atom. The quantitative estimate of drug-likeness (QED) is 0.0608. The number of pyridine rings is 3. The zero-order chi connectivity index (χ0) is 101. The molecule has 0 bridgehead atoms. The van der Waals surface area contributed by atoms with Crippen LogP contribution in [-0.4, -0.2) is 271 Å². The van der Waals surface area contributed by atoms with Crippen molar-refractivity contribution in [3.8, 4) is 45.9 Å². The highest BCUT2D eigenvalue weighted by molar-refractivity contribution is 6.18. The van der Waals surface area contributed by atoms with Gasteiger partial charge in [-0.3, -0.25) is 77.5 Å². The number of likely N-dealkylation sites (tertiary alicyclic amines) is 3. The summed E-state index contributed by atoms with van der Waals surface area (Å²) in [5, 5.41) is 13.1. The van der Waals surface area contributed by atoms with Gasteiger partial charge in [0.05, 0.1) is 91.1 Å². The average molecular weight is 1970 g/mol. The van der Waals surface area contributed by atoms with Crippen LogP contribution in [0.25, 0.3) is 50.9 Å². The Kier molecular flexibility index (Phi) is 26.6. The molecule has 12 aromatic rings. The topological polar surface area (TPSA) is 318 Å². The van der Waals surface area contributed by atoms with Crippen molar-refractivity contribution >= 4 is 86.4 Å². The van der Waals surface area contributed by atoms with Crippen LogP contribution in [0.5, 0.6) is 11.8 Å². The first-order valence-electron chi connectivity index (χ1n) is 51.2. The fourth-order valence-corrected chi connectivity index (χ4v) is 22.9. The summed E-state index contributed by atoms with van der Waals surface area (Å²) in [7, 11) is 5.58. The van der Waals surface area contributed by atoms with Gasteiger partial charge < -0.3 is 38.9 Å². The van der Waals surface area contributed by atoms with Crippen LogP contribution >= 0.6 is 0 Å². The third-order valence-corrected chi connectivity index (χ3v) is 30.9. The van der Waals surface area contributed by atoms with Crippen molar-refractivity contribution in [2.24, 2.45) is 52.4 Å². The number of hydrogen-bond donors (Lipinski definition) is 0. The fourth-order valence-electron chi connectivity index (χ4n) is 22.9. The van der Waals surface area contributed by atoms with Gasteiger partial charge in [-0.15, -0.1) is 0 Å². The number of carbonyl (C=O) groups excluding carboxylic acids is 6. The number of aromatic nitrogens is 12. The van der Waals surface area contributed by atoms with Crippen LogP contribution in [0, 0.1) is 22.1 Å². The molecule has 0 saturated carbocycles. The van der Waals surface area contributed by atoms with Crippen LogP contribution in [0.4, 0.5) is 21.5 Å². The highest BCUT2D eigenvalue weighted by atomic mass is 19.1. The number of halogens is 1. The molecule has 147 heavy (non-hydrogen) atoms. The summed E-state index contributed by atoms with van der Waals surface area (Å²) in [4.78, 5) is 140. The minimum absolute atomic E-state index is 0.0298. The first kappa shape index (κ1) is 96.4. The Balaban J connectivity index is 0.000000125. The maximum Gasteiger partial charge on any atom is 0.237 e. The van der Waals surface area contributed by atoms with Gasteiger partial charge in [-0.05, 0) is 210 Å². The maximum absolute atomic E-state index is 14.5. The predicted molar refractivity (Wildman–Crippen MR) is 560 cm³/mol. The third-order valence-electron chi connectivity index (χ3n) is 30.9. The molecule has 0 unspecified atom stereocenters. The van der Waals surface area contributed by atoms with Crippen LogP contribution in [0.3, 0.4) is 0 Å². The SMILES string of the molecule is CC(C)Oc1cc(C2=NCc3ccc(N4CC[C@]5(CCN(CC(=O)N6CC=C(c7ccc(-c8ncn(C)n8)cc7)CC6)C5)C4=O)cc32)ccn1.CC(C)Oc1ccc(C2=NCc3ccc(N4CC[C@]5(CCN(CC(=O)N6CC=C(c7ccc(-c8ncn(C)n8)cc7)CC6)C5)C4=O)cc32)cn1.Cn1cnc(-c2ccc(C3=CCN(C(=O)CN4CC[C@]5(CCN(c6ccc7c(c6)C(c6ccncc6F)=NC7)C5=O)C4)CC3)cc2)n1. The van der Waals surface area contributed by atoms with E-state index in [4.69, 9.17) is 19.5 Å². The molecule has 3 spiro atoms. The molecule has 33 heteroatoms. The molecule has 12 aliphatic rings. The smallest absolute Gasteiger partial charge is 0.237 e. The maximum atomic E-state index is 14.5. The molecule has 6 aromatic heterocycles. The van der Waals surface area contributed by atoms with Crippen molar-refractivity contribution in [1.82, 2.24) is 88.6 Å². The number of ether oxygens (including phenoxy) is 2. The van der Waals surface area contributed by atoms with E-state index in [9.17, 15) is 33.2 Å². The molecule has 32 nitrogen and oxygen atoms in total. The summed E-state index contributed by atoms with van der Waals surface area (Å²) in [6.07, 6.45) is 25.0. The van der Waals surface area contributed by atoms with Gasteiger partial charge in [0.1, 0.15) is 19.0 Å². The lowest BCUT2D eigenvalue weighted by Gasteiger charge is -2.29. The van der Waals surface area contributed by atoms with Gasteiger partial charge in [-0.2, -0.15) is 15.3 Å². The Morgan fingerprint density at radius 2 is 0.721 bits per heavy atom. The Hall–Kier alpha value is -15.4.